The van der Waals surface area contributed by atoms with Crippen LogP contribution in [0.3, 0.4) is 0 Å². The van der Waals surface area contributed by atoms with Crippen molar-refractivity contribution in [3.8, 4) is 11.8 Å². The summed E-state index contributed by atoms with van der Waals surface area (Å²) in [6.07, 6.45) is 2.87. The summed E-state index contributed by atoms with van der Waals surface area (Å²) in [4.78, 5) is 15.6. The van der Waals surface area contributed by atoms with E-state index in [1.165, 1.54) is 0 Å². The topological polar surface area (TPSA) is 65.4 Å². The zero-order chi connectivity index (χ0) is 22.3. The summed E-state index contributed by atoms with van der Waals surface area (Å²) in [6, 6.07) is 20.3. The van der Waals surface area contributed by atoms with E-state index in [1.807, 2.05) is 55.5 Å². The molecular formula is C27H27N3O2. The lowest BCUT2D eigenvalue weighted by Crippen LogP contribution is -2.48. The molecule has 32 heavy (non-hydrogen) atoms. The molecule has 1 N–H and O–H groups in total. The van der Waals surface area contributed by atoms with E-state index in [-0.39, 0.29) is 5.91 Å². The number of amides is 1. The Hall–Kier alpha value is -3.36. The summed E-state index contributed by atoms with van der Waals surface area (Å²) < 4.78 is 5.99. The fraction of sp³-hybridized carbons (Fsp3) is 0.333. The molecule has 162 valence electrons. The van der Waals surface area contributed by atoms with E-state index >= 15 is 0 Å². The van der Waals surface area contributed by atoms with Gasteiger partial charge in [0.05, 0.1) is 17.2 Å². The molecule has 5 heteroatoms. The predicted octanol–water partition coefficient (Wildman–Crippen LogP) is 4.52. The summed E-state index contributed by atoms with van der Waals surface area (Å²) >= 11 is 0. The summed E-state index contributed by atoms with van der Waals surface area (Å²) in [7, 11) is 2.10. The van der Waals surface area contributed by atoms with Gasteiger partial charge in [0.2, 0.25) is 0 Å². The first-order valence-corrected chi connectivity index (χ1v) is 11.2. The second kappa shape index (κ2) is 7.96. The van der Waals surface area contributed by atoms with Crippen molar-refractivity contribution in [3.05, 3.63) is 76.9 Å². The minimum Gasteiger partial charge on any atom is -0.492 e. The predicted molar refractivity (Wildman–Crippen MR) is 125 cm³/mol. The standard InChI is InChI=1S/C27H27N3O2/c1-18-7-8-22(32-17-21-9-12-30(21)2)15-24(18)26(31)29-27(10-11-27)25-14-19(16-28)13-20-5-3-4-6-23(20)25/h3-8,13-15,21H,9-12,17H2,1-2H3,(H,29,31). The molecule has 1 atom stereocenters. The first-order chi connectivity index (χ1) is 15.5. The molecule has 1 aliphatic heterocycles. The van der Waals surface area contributed by atoms with Gasteiger partial charge in [-0.05, 0) is 85.9 Å². The molecule has 2 aliphatic rings. The van der Waals surface area contributed by atoms with Crippen LogP contribution in [-0.4, -0.2) is 37.0 Å². The van der Waals surface area contributed by atoms with Gasteiger partial charge in [-0.1, -0.05) is 30.3 Å². The number of likely N-dealkylation sites (N-methyl/N-ethyl adjacent to an activating group) is 1. The van der Waals surface area contributed by atoms with Crippen LogP contribution in [0.25, 0.3) is 10.8 Å². The Morgan fingerprint density at radius 3 is 2.72 bits per heavy atom. The smallest absolute Gasteiger partial charge is 0.252 e. The maximum Gasteiger partial charge on any atom is 0.252 e. The third-order valence-electron chi connectivity index (χ3n) is 6.94. The molecule has 1 amide bonds. The van der Waals surface area contributed by atoms with Gasteiger partial charge >= 0.3 is 0 Å². The van der Waals surface area contributed by atoms with E-state index in [0.29, 0.717) is 23.8 Å². The Labute approximate surface area is 188 Å². The van der Waals surface area contributed by atoms with Crippen LogP contribution in [-0.2, 0) is 5.54 Å². The lowest BCUT2D eigenvalue weighted by atomic mass is 9.94. The maximum absolute atomic E-state index is 13.4. The highest BCUT2D eigenvalue weighted by atomic mass is 16.5. The summed E-state index contributed by atoms with van der Waals surface area (Å²) in [5.41, 5.74) is 2.77. The van der Waals surface area contributed by atoms with Crippen molar-refractivity contribution in [1.29, 1.82) is 5.26 Å². The van der Waals surface area contributed by atoms with Gasteiger partial charge in [0.15, 0.2) is 0 Å². The Kier molecular flexibility index (Phi) is 5.11. The summed E-state index contributed by atoms with van der Waals surface area (Å²) in [5.74, 6) is 0.625. The second-order valence-electron chi connectivity index (χ2n) is 9.10. The van der Waals surface area contributed by atoms with Crippen molar-refractivity contribution in [2.75, 3.05) is 20.2 Å². The highest BCUT2D eigenvalue weighted by molar-refractivity contribution is 5.98. The van der Waals surface area contributed by atoms with E-state index in [0.717, 1.165) is 53.5 Å². The Morgan fingerprint density at radius 2 is 2.03 bits per heavy atom. The number of benzene rings is 3. The molecule has 1 aliphatic carbocycles. The Balaban J connectivity index is 1.40. The lowest BCUT2D eigenvalue weighted by molar-refractivity contribution is 0.0767. The van der Waals surface area contributed by atoms with Gasteiger partial charge in [-0.2, -0.15) is 5.26 Å². The zero-order valence-corrected chi connectivity index (χ0v) is 18.5. The number of rotatable bonds is 6. The van der Waals surface area contributed by atoms with Crippen LogP contribution < -0.4 is 10.1 Å². The van der Waals surface area contributed by atoms with Crippen LogP contribution in [0.15, 0.2) is 54.6 Å². The SMILES string of the molecule is Cc1ccc(OCC2CCN2C)cc1C(=O)NC1(c2cc(C#N)cc3ccccc23)CC1. The van der Waals surface area contributed by atoms with Gasteiger partial charge in [-0.15, -0.1) is 0 Å². The van der Waals surface area contributed by atoms with Crippen LogP contribution in [0.5, 0.6) is 5.75 Å². The van der Waals surface area contributed by atoms with Crippen LogP contribution in [0.1, 0.15) is 46.3 Å². The minimum atomic E-state index is -0.429. The van der Waals surface area contributed by atoms with Gasteiger partial charge in [-0.25, -0.2) is 0 Å². The number of likely N-dealkylation sites (tertiary alicyclic amines) is 1. The van der Waals surface area contributed by atoms with Crippen LogP contribution in [0, 0.1) is 18.3 Å². The van der Waals surface area contributed by atoms with E-state index in [1.54, 1.807) is 0 Å². The van der Waals surface area contributed by atoms with Gasteiger partial charge in [0, 0.05) is 11.6 Å². The van der Waals surface area contributed by atoms with Gasteiger partial charge in [-0.3, -0.25) is 9.69 Å². The average molecular weight is 426 g/mol. The summed E-state index contributed by atoms with van der Waals surface area (Å²) in [5, 5.41) is 14.9. The largest absolute Gasteiger partial charge is 0.492 e. The molecule has 3 aromatic carbocycles. The number of carbonyl (C=O) groups is 1. The van der Waals surface area contributed by atoms with Crippen molar-refractivity contribution in [1.82, 2.24) is 10.2 Å². The molecule has 3 aromatic rings. The normalized spacial score (nSPS) is 19.1. The number of ether oxygens (including phenoxy) is 1. The Morgan fingerprint density at radius 1 is 1.22 bits per heavy atom. The molecule has 1 saturated carbocycles. The number of hydrogen-bond donors (Lipinski definition) is 1. The number of nitriles is 1. The van der Waals surface area contributed by atoms with Crippen molar-refractivity contribution in [2.24, 2.45) is 0 Å². The monoisotopic (exact) mass is 425 g/mol. The van der Waals surface area contributed by atoms with E-state index < -0.39 is 5.54 Å². The van der Waals surface area contributed by atoms with Crippen molar-refractivity contribution < 1.29 is 9.53 Å². The van der Waals surface area contributed by atoms with E-state index in [4.69, 9.17) is 4.74 Å². The maximum atomic E-state index is 13.4. The summed E-state index contributed by atoms with van der Waals surface area (Å²) in [6.45, 7) is 3.69. The highest BCUT2D eigenvalue weighted by Gasteiger charge is 2.47. The highest BCUT2D eigenvalue weighted by Crippen LogP contribution is 2.48. The van der Waals surface area contributed by atoms with Crippen LogP contribution >= 0.6 is 0 Å². The molecule has 2 fully saturated rings. The molecule has 0 bridgehead atoms. The van der Waals surface area contributed by atoms with Crippen molar-refractivity contribution in [2.45, 2.75) is 37.8 Å². The molecule has 5 nitrogen and oxygen atoms in total. The molecule has 1 unspecified atom stereocenters. The molecule has 1 saturated heterocycles. The molecular weight excluding hydrogens is 398 g/mol. The molecule has 1 heterocycles. The van der Waals surface area contributed by atoms with E-state index in [2.05, 4.69) is 29.4 Å². The molecule has 0 spiro atoms. The molecule has 0 aromatic heterocycles. The number of hydrogen-bond acceptors (Lipinski definition) is 4. The average Bonchev–Trinajstić information content (AvgIpc) is 3.58. The van der Waals surface area contributed by atoms with Crippen molar-refractivity contribution in [3.63, 3.8) is 0 Å². The Bertz CT molecular complexity index is 1240. The first kappa shape index (κ1) is 20.5. The molecule has 5 rings (SSSR count). The first-order valence-electron chi connectivity index (χ1n) is 11.2. The number of fused-ring (bicyclic) bond motifs is 1. The zero-order valence-electron chi connectivity index (χ0n) is 18.5. The lowest BCUT2D eigenvalue weighted by Gasteiger charge is -2.37. The number of nitrogens with zero attached hydrogens (tertiary/aromatic N) is 2. The van der Waals surface area contributed by atoms with Crippen molar-refractivity contribution >= 4 is 16.7 Å². The van der Waals surface area contributed by atoms with Gasteiger partial charge in [0.1, 0.15) is 12.4 Å². The second-order valence-corrected chi connectivity index (χ2v) is 9.10. The fourth-order valence-electron chi connectivity index (χ4n) is 4.55. The molecule has 0 radical (unpaired) electrons. The quantitative estimate of drug-likeness (QED) is 0.631. The third-order valence-corrected chi connectivity index (χ3v) is 6.94. The number of carbonyl (C=O) groups excluding carboxylic acids is 1. The van der Waals surface area contributed by atoms with Gasteiger partial charge < -0.3 is 10.1 Å². The fourth-order valence-corrected chi connectivity index (χ4v) is 4.55. The van der Waals surface area contributed by atoms with Crippen LogP contribution in [0.2, 0.25) is 0 Å². The van der Waals surface area contributed by atoms with Gasteiger partial charge in [0.25, 0.3) is 5.91 Å². The number of nitrogens with one attached hydrogen (secondary N) is 1. The van der Waals surface area contributed by atoms with Crippen LogP contribution in [0.4, 0.5) is 0 Å². The minimum absolute atomic E-state index is 0.0994. The third kappa shape index (κ3) is 3.72. The number of aryl methyl sites for hydroxylation is 1. The van der Waals surface area contributed by atoms with E-state index in [9.17, 15) is 10.1 Å².